The van der Waals surface area contributed by atoms with E-state index in [4.69, 9.17) is 0 Å². The molecule has 0 aromatic carbocycles. The molecule has 1 heterocycles. The second-order valence-corrected chi connectivity index (χ2v) is 2.56. The van der Waals surface area contributed by atoms with E-state index >= 15 is 0 Å². The van der Waals surface area contributed by atoms with Crippen molar-refractivity contribution in [3.05, 3.63) is 0 Å². The zero-order chi connectivity index (χ0) is 5.82. The average molecular weight is 113 g/mol. The van der Waals surface area contributed by atoms with Crippen molar-refractivity contribution < 1.29 is 0 Å². The predicted molar refractivity (Wildman–Crippen MR) is 35.9 cm³/mol. The molecule has 0 saturated carbocycles. The third-order valence-corrected chi connectivity index (χ3v) is 1.91. The minimum absolute atomic E-state index is 0.837. The monoisotopic (exact) mass is 113 g/mol. The molecular weight excluding hydrogens is 98.1 g/mol. The normalized spacial score (nSPS) is 30.4. The highest BCUT2D eigenvalue weighted by Crippen LogP contribution is 2.08. The van der Waals surface area contributed by atoms with Crippen LogP contribution in [0.1, 0.15) is 32.6 Å². The molecule has 8 heavy (non-hydrogen) atoms. The number of hydrogen-bond acceptors (Lipinski definition) is 1. The van der Waals surface area contributed by atoms with Gasteiger partial charge < -0.3 is 5.32 Å². The van der Waals surface area contributed by atoms with E-state index in [-0.39, 0.29) is 0 Å². The van der Waals surface area contributed by atoms with Crippen LogP contribution in [0.15, 0.2) is 0 Å². The molecule has 1 heteroatoms. The van der Waals surface area contributed by atoms with E-state index < -0.39 is 0 Å². The fraction of sp³-hybridized carbons (Fsp3) is 1.00. The van der Waals surface area contributed by atoms with Crippen molar-refractivity contribution in [2.75, 3.05) is 6.54 Å². The smallest absolute Gasteiger partial charge is 0.00644 e. The Balaban J connectivity index is 2.13. The Morgan fingerprint density at radius 2 is 2.38 bits per heavy atom. The van der Waals surface area contributed by atoms with Crippen LogP contribution in [-0.4, -0.2) is 12.6 Å². The molecule has 0 spiro atoms. The standard InChI is InChI=1S/C7H15N/c1-2-7-5-3-4-6-8-7/h7-8H,2-6H2,1H3/t7-/m0/s1. The molecule has 1 rings (SSSR count). The lowest BCUT2D eigenvalue weighted by Crippen LogP contribution is -2.32. The summed E-state index contributed by atoms with van der Waals surface area (Å²) in [6, 6.07) is 0.837. The van der Waals surface area contributed by atoms with Gasteiger partial charge in [-0.15, -0.1) is 0 Å². The first-order valence-electron chi connectivity index (χ1n) is 3.67. The van der Waals surface area contributed by atoms with Crippen LogP contribution in [0.2, 0.25) is 0 Å². The van der Waals surface area contributed by atoms with E-state index in [0.29, 0.717) is 0 Å². The SMILES string of the molecule is CC[C@H]1CCCCN1. The van der Waals surface area contributed by atoms with Crippen LogP contribution in [0.25, 0.3) is 0 Å². The summed E-state index contributed by atoms with van der Waals surface area (Å²) in [4.78, 5) is 0. The van der Waals surface area contributed by atoms with Gasteiger partial charge in [-0.1, -0.05) is 13.3 Å². The highest BCUT2D eigenvalue weighted by Gasteiger charge is 2.08. The van der Waals surface area contributed by atoms with Gasteiger partial charge in [-0.2, -0.15) is 0 Å². The van der Waals surface area contributed by atoms with E-state index in [1.54, 1.807) is 0 Å². The predicted octanol–water partition coefficient (Wildman–Crippen LogP) is 1.54. The number of rotatable bonds is 1. The molecule has 48 valence electrons. The summed E-state index contributed by atoms with van der Waals surface area (Å²) in [5.41, 5.74) is 0. The fourth-order valence-corrected chi connectivity index (χ4v) is 1.27. The Kier molecular flexibility index (Phi) is 2.34. The Morgan fingerprint density at radius 3 is 2.75 bits per heavy atom. The van der Waals surface area contributed by atoms with Crippen LogP contribution in [-0.2, 0) is 0 Å². The molecule has 0 bridgehead atoms. The largest absolute Gasteiger partial charge is 0.314 e. The van der Waals surface area contributed by atoms with Crippen LogP contribution in [0, 0.1) is 0 Å². The molecule has 1 atom stereocenters. The van der Waals surface area contributed by atoms with Gasteiger partial charge in [0.2, 0.25) is 0 Å². The van der Waals surface area contributed by atoms with Crippen molar-refractivity contribution in [1.29, 1.82) is 0 Å². The molecule has 1 nitrogen and oxygen atoms in total. The minimum Gasteiger partial charge on any atom is -0.314 e. The fourth-order valence-electron chi connectivity index (χ4n) is 1.27. The number of nitrogens with one attached hydrogen (secondary N) is 1. The summed E-state index contributed by atoms with van der Waals surface area (Å²) < 4.78 is 0. The molecule has 0 unspecified atom stereocenters. The first kappa shape index (κ1) is 6.09. The molecule has 1 aliphatic rings. The molecular formula is C7H15N. The third-order valence-electron chi connectivity index (χ3n) is 1.91. The van der Waals surface area contributed by atoms with Gasteiger partial charge in [0, 0.05) is 6.04 Å². The highest BCUT2D eigenvalue weighted by molar-refractivity contribution is 4.69. The zero-order valence-corrected chi connectivity index (χ0v) is 5.61. The van der Waals surface area contributed by atoms with Gasteiger partial charge in [-0.25, -0.2) is 0 Å². The highest BCUT2D eigenvalue weighted by atomic mass is 14.9. The average Bonchev–Trinajstić information content (AvgIpc) is 1.90. The van der Waals surface area contributed by atoms with Crippen molar-refractivity contribution in [3.63, 3.8) is 0 Å². The molecule has 1 saturated heterocycles. The van der Waals surface area contributed by atoms with Crippen LogP contribution in [0.3, 0.4) is 0 Å². The van der Waals surface area contributed by atoms with E-state index in [9.17, 15) is 0 Å². The van der Waals surface area contributed by atoms with E-state index in [1.807, 2.05) is 0 Å². The van der Waals surface area contributed by atoms with Gasteiger partial charge in [0.1, 0.15) is 0 Å². The maximum atomic E-state index is 3.47. The number of hydrogen-bond donors (Lipinski definition) is 1. The van der Waals surface area contributed by atoms with Crippen LogP contribution in [0.5, 0.6) is 0 Å². The molecule has 0 radical (unpaired) electrons. The van der Waals surface area contributed by atoms with Crippen LogP contribution < -0.4 is 5.32 Å². The summed E-state index contributed by atoms with van der Waals surface area (Å²) >= 11 is 0. The van der Waals surface area contributed by atoms with Crippen molar-refractivity contribution in [3.8, 4) is 0 Å². The summed E-state index contributed by atoms with van der Waals surface area (Å²) in [5.74, 6) is 0. The van der Waals surface area contributed by atoms with Crippen LogP contribution >= 0.6 is 0 Å². The van der Waals surface area contributed by atoms with Gasteiger partial charge in [0.05, 0.1) is 0 Å². The quantitative estimate of drug-likeness (QED) is 0.544. The van der Waals surface area contributed by atoms with E-state index in [2.05, 4.69) is 12.2 Å². The molecule has 0 amide bonds. The first-order chi connectivity index (χ1) is 3.93. The summed E-state index contributed by atoms with van der Waals surface area (Å²) in [7, 11) is 0. The minimum atomic E-state index is 0.837. The van der Waals surface area contributed by atoms with Crippen molar-refractivity contribution in [2.24, 2.45) is 0 Å². The second-order valence-electron chi connectivity index (χ2n) is 2.56. The topological polar surface area (TPSA) is 12.0 Å². The lowest BCUT2D eigenvalue weighted by molar-refractivity contribution is 0.393. The maximum absolute atomic E-state index is 3.47. The molecule has 0 aliphatic carbocycles. The molecule has 1 fully saturated rings. The molecule has 0 aromatic rings. The summed E-state index contributed by atoms with van der Waals surface area (Å²) in [6.07, 6.45) is 5.53. The summed E-state index contributed by atoms with van der Waals surface area (Å²) in [5, 5.41) is 3.47. The Morgan fingerprint density at radius 1 is 1.50 bits per heavy atom. The van der Waals surface area contributed by atoms with Gasteiger partial charge >= 0.3 is 0 Å². The number of piperidine rings is 1. The van der Waals surface area contributed by atoms with Crippen molar-refractivity contribution >= 4 is 0 Å². The summed E-state index contributed by atoms with van der Waals surface area (Å²) in [6.45, 7) is 3.50. The van der Waals surface area contributed by atoms with Gasteiger partial charge in [-0.05, 0) is 25.8 Å². The molecule has 1 aliphatic heterocycles. The lowest BCUT2D eigenvalue weighted by Gasteiger charge is -2.21. The Bertz CT molecular complexity index is 55.4. The first-order valence-corrected chi connectivity index (χ1v) is 3.67. The van der Waals surface area contributed by atoms with Crippen LogP contribution in [0.4, 0.5) is 0 Å². The lowest BCUT2D eigenvalue weighted by atomic mass is 10.0. The molecule has 0 aromatic heterocycles. The maximum Gasteiger partial charge on any atom is 0.00644 e. The third kappa shape index (κ3) is 1.48. The zero-order valence-electron chi connectivity index (χ0n) is 5.61. The molecule has 1 N–H and O–H groups in total. The van der Waals surface area contributed by atoms with Gasteiger partial charge in [0.15, 0.2) is 0 Å². The van der Waals surface area contributed by atoms with E-state index in [0.717, 1.165) is 6.04 Å². The van der Waals surface area contributed by atoms with Crippen molar-refractivity contribution in [2.45, 2.75) is 38.6 Å². The second kappa shape index (κ2) is 3.08. The Labute approximate surface area is 51.5 Å². The van der Waals surface area contributed by atoms with E-state index in [1.165, 1.54) is 32.2 Å². The van der Waals surface area contributed by atoms with Crippen molar-refractivity contribution in [1.82, 2.24) is 5.32 Å². The van der Waals surface area contributed by atoms with Gasteiger partial charge in [-0.3, -0.25) is 0 Å². The van der Waals surface area contributed by atoms with Gasteiger partial charge in [0.25, 0.3) is 0 Å². The Hall–Kier alpha value is -0.0400.